The monoisotopic (exact) mass is 481 g/mol. The third-order valence-electron chi connectivity index (χ3n) is 6.59. The Morgan fingerprint density at radius 1 is 1.17 bits per heavy atom. The van der Waals surface area contributed by atoms with Gasteiger partial charge in [0.25, 0.3) is 5.56 Å². The van der Waals surface area contributed by atoms with Crippen molar-refractivity contribution in [3.8, 4) is 22.7 Å². The van der Waals surface area contributed by atoms with Crippen LogP contribution >= 0.6 is 0 Å². The summed E-state index contributed by atoms with van der Waals surface area (Å²) >= 11 is 0. The molecule has 0 unspecified atom stereocenters. The smallest absolute Gasteiger partial charge is 0.290 e. The second-order valence-corrected chi connectivity index (χ2v) is 8.80. The van der Waals surface area contributed by atoms with E-state index in [1.165, 1.54) is 6.08 Å². The van der Waals surface area contributed by atoms with E-state index in [-0.39, 0.29) is 23.3 Å². The van der Waals surface area contributed by atoms with Crippen LogP contribution in [0.1, 0.15) is 18.9 Å². The van der Waals surface area contributed by atoms with E-state index >= 15 is 0 Å². The number of aromatic nitrogens is 5. The van der Waals surface area contributed by atoms with Crippen LogP contribution in [0.15, 0.2) is 70.4 Å². The number of piperidine rings is 1. The van der Waals surface area contributed by atoms with Gasteiger partial charge in [-0.05, 0) is 43.2 Å². The first-order chi connectivity index (χ1) is 17.5. The maximum absolute atomic E-state index is 12.9. The van der Waals surface area contributed by atoms with Crippen LogP contribution in [0.2, 0.25) is 0 Å². The van der Waals surface area contributed by atoms with Gasteiger partial charge in [-0.1, -0.05) is 30.8 Å². The van der Waals surface area contributed by atoms with E-state index in [0.29, 0.717) is 35.6 Å². The molecule has 2 aromatic carbocycles. The van der Waals surface area contributed by atoms with Crippen molar-refractivity contribution in [2.45, 2.75) is 18.9 Å². The molecule has 180 valence electrons. The zero-order valence-corrected chi connectivity index (χ0v) is 19.3. The minimum absolute atomic E-state index is 0.138. The predicted molar refractivity (Wildman–Crippen MR) is 136 cm³/mol. The van der Waals surface area contributed by atoms with Crippen molar-refractivity contribution < 1.29 is 9.21 Å². The first-order valence-corrected chi connectivity index (χ1v) is 11.7. The van der Waals surface area contributed by atoms with Gasteiger partial charge in [0.1, 0.15) is 16.7 Å². The van der Waals surface area contributed by atoms with Crippen LogP contribution < -0.4 is 11.3 Å². The fourth-order valence-electron chi connectivity index (χ4n) is 4.83. The third kappa shape index (κ3) is 3.54. The number of nitrogens with zero attached hydrogens (tertiary/aromatic N) is 5. The number of para-hydroxylation sites is 2. The van der Waals surface area contributed by atoms with Gasteiger partial charge >= 0.3 is 0 Å². The average Bonchev–Trinajstić information content (AvgIpc) is 3.54. The number of nitrogens with one attached hydrogen (secondary N) is 1. The van der Waals surface area contributed by atoms with E-state index < -0.39 is 0 Å². The van der Waals surface area contributed by atoms with Gasteiger partial charge in [0.2, 0.25) is 11.8 Å². The van der Waals surface area contributed by atoms with Crippen molar-refractivity contribution in [1.29, 1.82) is 0 Å². The van der Waals surface area contributed by atoms with Gasteiger partial charge in [-0.3, -0.25) is 14.3 Å². The molecule has 10 nitrogen and oxygen atoms in total. The summed E-state index contributed by atoms with van der Waals surface area (Å²) in [5.74, 6) is 0.565. The van der Waals surface area contributed by atoms with Crippen molar-refractivity contribution in [3.05, 3.63) is 71.5 Å². The van der Waals surface area contributed by atoms with Crippen molar-refractivity contribution in [2.75, 3.05) is 18.8 Å². The fourth-order valence-corrected chi connectivity index (χ4v) is 4.83. The summed E-state index contributed by atoms with van der Waals surface area (Å²) in [5.41, 5.74) is 9.84. The van der Waals surface area contributed by atoms with Gasteiger partial charge in [-0.15, -0.1) is 0 Å². The number of rotatable bonds is 4. The highest BCUT2D eigenvalue weighted by molar-refractivity contribution is 5.99. The van der Waals surface area contributed by atoms with Crippen molar-refractivity contribution >= 4 is 33.7 Å². The Labute approximate surface area is 205 Å². The number of H-pyrrole nitrogens is 1. The molecule has 0 spiro atoms. The molecule has 1 aliphatic heterocycles. The van der Waals surface area contributed by atoms with Crippen LogP contribution in [0.3, 0.4) is 0 Å². The number of nitrogens with two attached hydrogens (primary N) is 1. The van der Waals surface area contributed by atoms with Crippen molar-refractivity contribution in [2.24, 2.45) is 0 Å². The number of aromatic amines is 1. The Kier molecular flexibility index (Phi) is 5.14. The van der Waals surface area contributed by atoms with Crippen LogP contribution in [-0.2, 0) is 4.79 Å². The number of oxazole rings is 1. The van der Waals surface area contributed by atoms with E-state index in [1.54, 1.807) is 9.58 Å². The second kappa shape index (κ2) is 8.49. The minimum Gasteiger partial charge on any atom is -0.436 e. The molecule has 1 aliphatic rings. The zero-order chi connectivity index (χ0) is 24.8. The topological polar surface area (TPSA) is 136 Å². The standard InChI is InChI=1S/C26H23N7O3/c1-2-20(34)32-13-5-6-17(14-32)33-23-21(24(27)29-30-25(23)35)22(31-33)15-9-11-16(12-10-15)26-28-18-7-3-4-8-19(18)36-26/h2-4,7-12,17H,1,5-6,13-14H2,(H2,27,29)(H,30,35)/t17-/m1/s1. The molecule has 6 rings (SSSR count). The van der Waals surface area contributed by atoms with E-state index in [2.05, 4.69) is 21.8 Å². The molecule has 1 saturated heterocycles. The number of amides is 1. The molecule has 0 bridgehead atoms. The van der Waals surface area contributed by atoms with Crippen molar-refractivity contribution in [1.82, 2.24) is 29.9 Å². The number of fused-ring (bicyclic) bond motifs is 2. The first-order valence-electron chi connectivity index (χ1n) is 11.7. The molecule has 0 radical (unpaired) electrons. The van der Waals surface area contributed by atoms with Crippen LogP contribution in [0.4, 0.5) is 5.82 Å². The lowest BCUT2D eigenvalue weighted by molar-refractivity contribution is -0.127. The number of anilines is 1. The van der Waals surface area contributed by atoms with E-state index in [4.69, 9.17) is 15.2 Å². The Balaban J connectivity index is 1.43. The van der Waals surface area contributed by atoms with Gasteiger partial charge < -0.3 is 15.1 Å². The molecule has 0 aliphatic carbocycles. The summed E-state index contributed by atoms with van der Waals surface area (Å²) in [6.07, 6.45) is 2.87. The molecule has 3 aromatic heterocycles. The summed E-state index contributed by atoms with van der Waals surface area (Å²) in [4.78, 5) is 31.4. The number of benzene rings is 2. The maximum Gasteiger partial charge on any atom is 0.290 e. The van der Waals surface area contributed by atoms with Gasteiger partial charge in [0.15, 0.2) is 11.4 Å². The highest BCUT2D eigenvalue weighted by Crippen LogP contribution is 2.34. The fraction of sp³-hybridized carbons (Fsp3) is 0.192. The number of carbonyl (C=O) groups excluding carboxylic acids is 1. The summed E-state index contributed by atoms with van der Waals surface area (Å²) in [6, 6.07) is 15.0. The average molecular weight is 482 g/mol. The first kappa shape index (κ1) is 21.8. The van der Waals surface area contributed by atoms with Gasteiger partial charge in [-0.2, -0.15) is 10.2 Å². The second-order valence-electron chi connectivity index (χ2n) is 8.80. The molecular formula is C26H23N7O3. The van der Waals surface area contributed by atoms with Gasteiger partial charge in [0.05, 0.1) is 11.4 Å². The van der Waals surface area contributed by atoms with E-state index in [1.807, 2.05) is 48.5 Å². The number of nitrogen functional groups attached to an aromatic ring is 1. The summed E-state index contributed by atoms with van der Waals surface area (Å²) in [6.45, 7) is 4.66. The quantitative estimate of drug-likeness (QED) is 0.375. The highest BCUT2D eigenvalue weighted by Gasteiger charge is 2.28. The lowest BCUT2D eigenvalue weighted by Gasteiger charge is -2.32. The molecule has 5 aromatic rings. The van der Waals surface area contributed by atoms with E-state index in [9.17, 15) is 9.59 Å². The Morgan fingerprint density at radius 2 is 1.94 bits per heavy atom. The predicted octanol–water partition coefficient (Wildman–Crippen LogP) is 3.53. The van der Waals surface area contributed by atoms with E-state index in [0.717, 1.165) is 35.1 Å². The lowest BCUT2D eigenvalue weighted by atomic mass is 10.1. The molecule has 36 heavy (non-hydrogen) atoms. The zero-order valence-electron chi connectivity index (χ0n) is 19.3. The molecule has 4 heterocycles. The number of hydrogen-bond donors (Lipinski definition) is 2. The normalized spacial score (nSPS) is 16.0. The third-order valence-corrected chi connectivity index (χ3v) is 6.59. The molecule has 10 heteroatoms. The highest BCUT2D eigenvalue weighted by atomic mass is 16.3. The van der Waals surface area contributed by atoms with Crippen LogP contribution in [0, 0.1) is 0 Å². The Bertz CT molecular complexity index is 1650. The Morgan fingerprint density at radius 3 is 2.72 bits per heavy atom. The van der Waals surface area contributed by atoms with Crippen LogP contribution in [-0.4, -0.2) is 48.9 Å². The van der Waals surface area contributed by atoms with Crippen molar-refractivity contribution in [3.63, 3.8) is 0 Å². The number of carbonyl (C=O) groups is 1. The lowest BCUT2D eigenvalue weighted by Crippen LogP contribution is -2.40. The number of hydrogen-bond acceptors (Lipinski definition) is 7. The molecule has 1 atom stereocenters. The largest absolute Gasteiger partial charge is 0.436 e. The SMILES string of the molecule is C=CC(=O)N1CCC[C@@H](n2nc(-c3ccc(-c4nc5ccccc5o4)cc3)c3c(N)n[nH]c(=O)c32)C1. The Hall–Kier alpha value is -4.73. The molecule has 0 saturated carbocycles. The van der Waals surface area contributed by atoms with Gasteiger partial charge in [-0.25, -0.2) is 10.1 Å². The van der Waals surface area contributed by atoms with Crippen LogP contribution in [0.5, 0.6) is 0 Å². The molecular weight excluding hydrogens is 458 g/mol. The number of likely N-dealkylation sites (tertiary alicyclic amines) is 1. The summed E-state index contributed by atoms with van der Waals surface area (Å²) in [7, 11) is 0. The molecule has 1 amide bonds. The van der Waals surface area contributed by atoms with Gasteiger partial charge in [0, 0.05) is 24.2 Å². The summed E-state index contributed by atoms with van der Waals surface area (Å²) in [5, 5.41) is 11.8. The maximum atomic E-state index is 12.9. The molecule has 1 fully saturated rings. The molecule has 3 N–H and O–H groups in total. The van der Waals surface area contributed by atoms with Crippen LogP contribution in [0.25, 0.3) is 44.7 Å². The summed E-state index contributed by atoms with van der Waals surface area (Å²) < 4.78 is 7.57. The minimum atomic E-state index is -0.381.